The summed E-state index contributed by atoms with van der Waals surface area (Å²) in [6, 6.07) is 3.16. The molecule has 6 heteroatoms. The molecule has 0 bridgehead atoms. The van der Waals surface area contributed by atoms with Gasteiger partial charge in [-0.25, -0.2) is 4.79 Å². The van der Waals surface area contributed by atoms with Gasteiger partial charge in [0.1, 0.15) is 0 Å². The molecule has 5 nitrogen and oxygen atoms in total. The molecule has 20 heavy (non-hydrogen) atoms. The quantitative estimate of drug-likeness (QED) is 0.839. The van der Waals surface area contributed by atoms with Crippen molar-refractivity contribution in [3.63, 3.8) is 0 Å². The summed E-state index contributed by atoms with van der Waals surface area (Å²) < 4.78 is 5.64. The predicted molar refractivity (Wildman–Crippen MR) is 79.7 cm³/mol. The molecule has 0 spiro atoms. The lowest BCUT2D eigenvalue weighted by atomic mass is 10.1. The molecule has 2 atom stereocenters. The van der Waals surface area contributed by atoms with Crippen molar-refractivity contribution in [1.29, 1.82) is 0 Å². The van der Waals surface area contributed by atoms with Gasteiger partial charge >= 0.3 is 5.97 Å². The molecule has 110 valence electrons. The van der Waals surface area contributed by atoms with E-state index in [1.54, 1.807) is 6.07 Å². The molecule has 1 aliphatic rings. The SMILES string of the molecule is CCC1COC(C)CN1c1c(Cl)cc(N)cc1C(=O)O. The van der Waals surface area contributed by atoms with E-state index < -0.39 is 5.97 Å². The van der Waals surface area contributed by atoms with E-state index in [0.717, 1.165) is 6.42 Å². The summed E-state index contributed by atoms with van der Waals surface area (Å²) in [5, 5.41) is 9.77. The molecular formula is C14H19ClN2O3. The highest BCUT2D eigenvalue weighted by molar-refractivity contribution is 6.34. The number of hydrogen-bond donors (Lipinski definition) is 2. The Morgan fingerprint density at radius 2 is 2.30 bits per heavy atom. The van der Waals surface area contributed by atoms with Crippen LogP contribution in [-0.4, -0.2) is 36.4 Å². The first-order valence-electron chi connectivity index (χ1n) is 6.64. The molecule has 2 unspecified atom stereocenters. The van der Waals surface area contributed by atoms with Crippen molar-refractivity contribution in [1.82, 2.24) is 0 Å². The number of halogens is 1. The number of nitrogens with two attached hydrogens (primary N) is 1. The second-order valence-corrected chi connectivity index (χ2v) is 5.47. The van der Waals surface area contributed by atoms with Crippen LogP contribution in [0.15, 0.2) is 12.1 Å². The normalized spacial score (nSPS) is 22.9. The van der Waals surface area contributed by atoms with Gasteiger partial charge in [0.15, 0.2) is 0 Å². The Hall–Kier alpha value is -1.46. The first kappa shape index (κ1) is 14.9. The largest absolute Gasteiger partial charge is 0.478 e. The van der Waals surface area contributed by atoms with Crippen LogP contribution in [0.4, 0.5) is 11.4 Å². The van der Waals surface area contributed by atoms with Crippen LogP contribution in [0.5, 0.6) is 0 Å². The van der Waals surface area contributed by atoms with E-state index in [1.165, 1.54) is 6.07 Å². The number of nitrogen functional groups attached to an aromatic ring is 1. The fraction of sp³-hybridized carbons (Fsp3) is 0.500. The van der Waals surface area contributed by atoms with Gasteiger partial charge in [0.25, 0.3) is 0 Å². The van der Waals surface area contributed by atoms with Crippen molar-refractivity contribution in [2.75, 3.05) is 23.8 Å². The lowest BCUT2D eigenvalue weighted by Crippen LogP contribution is -2.49. The average molecular weight is 299 g/mol. The van der Waals surface area contributed by atoms with Crippen LogP contribution < -0.4 is 10.6 Å². The maximum Gasteiger partial charge on any atom is 0.337 e. The van der Waals surface area contributed by atoms with E-state index in [2.05, 4.69) is 0 Å². The third kappa shape index (κ3) is 2.83. The summed E-state index contributed by atoms with van der Waals surface area (Å²) in [6.45, 7) is 5.19. The van der Waals surface area contributed by atoms with Crippen molar-refractivity contribution in [3.05, 3.63) is 22.7 Å². The van der Waals surface area contributed by atoms with Crippen molar-refractivity contribution in [3.8, 4) is 0 Å². The Morgan fingerprint density at radius 1 is 1.60 bits per heavy atom. The summed E-state index contributed by atoms with van der Waals surface area (Å²) in [5.41, 5.74) is 6.73. The molecule has 1 aliphatic heterocycles. The second kappa shape index (κ2) is 5.89. The van der Waals surface area contributed by atoms with Crippen molar-refractivity contribution in [2.24, 2.45) is 0 Å². The van der Waals surface area contributed by atoms with E-state index in [0.29, 0.717) is 29.5 Å². The number of morpholine rings is 1. The first-order chi connectivity index (χ1) is 9.43. The van der Waals surface area contributed by atoms with Crippen LogP contribution in [0.3, 0.4) is 0 Å². The maximum absolute atomic E-state index is 11.5. The average Bonchev–Trinajstić information content (AvgIpc) is 2.37. The number of nitrogens with zero attached hydrogens (tertiary/aromatic N) is 1. The van der Waals surface area contributed by atoms with Crippen LogP contribution in [0.25, 0.3) is 0 Å². The minimum atomic E-state index is -1.02. The zero-order chi connectivity index (χ0) is 14.9. The molecule has 1 heterocycles. The van der Waals surface area contributed by atoms with E-state index in [1.807, 2.05) is 18.7 Å². The zero-order valence-corrected chi connectivity index (χ0v) is 12.4. The minimum Gasteiger partial charge on any atom is -0.478 e. The summed E-state index contributed by atoms with van der Waals surface area (Å²) in [7, 11) is 0. The van der Waals surface area contributed by atoms with E-state index >= 15 is 0 Å². The summed E-state index contributed by atoms with van der Waals surface area (Å²) in [5.74, 6) is -1.02. The Bertz CT molecular complexity index is 521. The van der Waals surface area contributed by atoms with Gasteiger partial charge in [-0.1, -0.05) is 18.5 Å². The number of benzene rings is 1. The maximum atomic E-state index is 11.5. The minimum absolute atomic E-state index is 0.0352. The highest BCUT2D eigenvalue weighted by atomic mass is 35.5. The Morgan fingerprint density at radius 3 is 2.90 bits per heavy atom. The van der Waals surface area contributed by atoms with Crippen molar-refractivity contribution in [2.45, 2.75) is 32.4 Å². The van der Waals surface area contributed by atoms with Crippen LogP contribution in [-0.2, 0) is 4.74 Å². The molecule has 1 fully saturated rings. The Kier molecular flexibility index (Phi) is 4.40. The molecule has 1 saturated heterocycles. The molecule has 0 radical (unpaired) electrons. The lowest BCUT2D eigenvalue weighted by molar-refractivity contribution is 0.0297. The summed E-state index contributed by atoms with van der Waals surface area (Å²) in [6.07, 6.45) is 0.889. The standard InChI is InChI=1S/C14H19ClN2O3/c1-3-10-7-20-8(2)6-17(10)13-11(14(18)19)4-9(16)5-12(13)15/h4-5,8,10H,3,6-7,16H2,1-2H3,(H,18,19). The van der Waals surface area contributed by atoms with Crippen molar-refractivity contribution >= 4 is 28.9 Å². The number of anilines is 2. The van der Waals surface area contributed by atoms with Gasteiger partial charge in [0.2, 0.25) is 0 Å². The van der Waals surface area contributed by atoms with Crippen LogP contribution >= 0.6 is 11.6 Å². The Labute approximate surface area is 123 Å². The van der Waals surface area contributed by atoms with E-state index in [-0.39, 0.29) is 17.7 Å². The van der Waals surface area contributed by atoms with Gasteiger partial charge in [-0.15, -0.1) is 0 Å². The summed E-state index contributed by atoms with van der Waals surface area (Å²) >= 11 is 6.26. The lowest BCUT2D eigenvalue weighted by Gasteiger charge is -2.41. The smallest absolute Gasteiger partial charge is 0.337 e. The molecule has 1 aromatic rings. The third-order valence-electron chi connectivity index (χ3n) is 3.54. The molecule has 0 amide bonds. The second-order valence-electron chi connectivity index (χ2n) is 5.06. The molecular weight excluding hydrogens is 280 g/mol. The van der Waals surface area contributed by atoms with Gasteiger partial charge < -0.3 is 20.5 Å². The third-order valence-corrected chi connectivity index (χ3v) is 3.83. The number of ether oxygens (including phenoxy) is 1. The predicted octanol–water partition coefficient (Wildman–Crippen LogP) is 2.62. The topological polar surface area (TPSA) is 75.8 Å². The van der Waals surface area contributed by atoms with Gasteiger partial charge in [-0.2, -0.15) is 0 Å². The fourth-order valence-corrected chi connectivity index (χ4v) is 2.87. The van der Waals surface area contributed by atoms with Gasteiger partial charge in [0.05, 0.1) is 35.0 Å². The summed E-state index contributed by atoms with van der Waals surface area (Å²) in [4.78, 5) is 13.5. The first-order valence-corrected chi connectivity index (χ1v) is 7.02. The molecule has 3 N–H and O–H groups in total. The van der Waals surface area contributed by atoms with E-state index in [4.69, 9.17) is 22.1 Å². The van der Waals surface area contributed by atoms with Gasteiger partial charge in [-0.05, 0) is 25.5 Å². The molecule has 0 saturated carbocycles. The van der Waals surface area contributed by atoms with Crippen molar-refractivity contribution < 1.29 is 14.6 Å². The van der Waals surface area contributed by atoms with Crippen LogP contribution in [0.1, 0.15) is 30.6 Å². The van der Waals surface area contributed by atoms with Crippen LogP contribution in [0.2, 0.25) is 5.02 Å². The molecule has 1 aromatic carbocycles. The van der Waals surface area contributed by atoms with Gasteiger partial charge in [0, 0.05) is 12.2 Å². The fourth-order valence-electron chi connectivity index (χ4n) is 2.53. The number of rotatable bonds is 3. The molecule has 0 aliphatic carbocycles. The molecule has 0 aromatic heterocycles. The molecule has 2 rings (SSSR count). The highest BCUT2D eigenvalue weighted by Gasteiger charge is 2.30. The number of carbonyl (C=O) groups is 1. The number of hydrogen-bond acceptors (Lipinski definition) is 4. The monoisotopic (exact) mass is 298 g/mol. The highest BCUT2D eigenvalue weighted by Crippen LogP contribution is 2.35. The Balaban J connectivity index is 2.51. The number of carboxylic acids is 1. The van der Waals surface area contributed by atoms with E-state index in [9.17, 15) is 9.90 Å². The van der Waals surface area contributed by atoms with Gasteiger partial charge in [-0.3, -0.25) is 0 Å². The number of carboxylic acid groups (broad SMARTS) is 1. The number of aromatic carboxylic acids is 1. The van der Waals surface area contributed by atoms with Crippen LogP contribution in [0, 0.1) is 0 Å². The zero-order valence-electron chi connectivity index (χ0n) is 11.6.